The highest BCUT2D eigenvalue weighted by molar-refractivity contribution is 9.10. The summed E-state index contributed by atoms with van der Waals surface area (Å²) in [5.41, 5.74) is 2.50. The summed E-state index contributed by atoms with van der Waals surface area (Å²) < 4.78 is 26.3. The highest BCUT2D eigenvalue weighted by Gasteiger charge is 2.07. The molecule has 0 amide bonds. The van der Waals surface area contributed by atoms with Crippen LogP contribution in [-0.4, -0.2) is 6.54 Å². The molecule has 0 aliphatic rings. The Morgan fingerprint density at radius 3 is 2.73 bits per heavy atom. The Bertz CT molecular complexity index is 393. The Morgan fingerprint density at radius 1 is 1.47 bits per heavy atom. The van der Waals surface area contributed by atoms with Crippen LogP contribution in [0, 0.1) is 11.6 Å². The molecule has 15 heavy (non-hydrogen) atoms. The number of anilines is 1. The van der Waals surface area contributed by atoms with Crippen molar-refractivity contribution in [3.05, 3.63) is 39.3 Å². The lowest BCUT2D eigenvalue weighted by atomic mass is 10.2. The predicted molar refractivity (Wildman–Crippen MR) is 62.2 cm³/mol. The van der Waals surface area contributed by atoms with Crippen molar-refractivity contribution in [1.82, 2.24) is 0 Å². The van der Waals surface area contributed by atoms with Crippen molar-refractivity contribution in [3.63, 3.8) is 0 Å². The molecule has 0 saturated carbocycles. The average Bonchev–Trinajstić information content (AvgIpc) is 2.21. The van der Waals surface area contributed by atoms with Crippen LogP contribution in [0.1, 0.15) is 6.92 Å². The van der Waals surface area contributed by atoms with E-state index in [1.807, 2.05) is 0 Å². The number of benzene rings is 1. The minimum absolute atomic E-state index is 0.221. The average molecular weight is 297 g/mol. The Hall–Kier alpha value is -0.610. The summed E-state index contributed by atoms with van der Waals surface area (Å²) in [4.78, 5) is 0. The summed E-state index contributed by atoms with van der Waals surface area (Å²) in [6.07, 6.45) is 0. The van der Waals surface area contributed by atoms with Crippen LogP contribution in [0.25, 0.3) is 0 Å². The van der Waals surface area contributed by atoms with E-state index in [0.29, 0.717) is 6.54 Å². The van der Waals surface area contributed by atoms with Crippen molar-refractivity contribution in [2.75, 3.05) is 11.9 Å². The van der Waals surface area contributed by atoms with Gasteiger partial charge in [0.05, 0.1) is 10.2 Å². The third-order valence-electron chi connectivity index (χ3n) is 1.75. The number of hydrogen-bond donors (Lipinski definition) is 1. The van der Waals surface area contributed by atoms with Gasteiger partial charge < -0.3 is 5.32 Å². The SMILES string of the molecule is C/C(=C/Cl)CNc1cc(Br)c(F)cc1F. The third kappa shape index (κ3) is 3.47. The maximum absolute atomic E-state index is 13.2. The van der Waals surface area contributed by atoms with Crippen molar-refractivity contribution in [2.45, 2.75) is 6.92 Å². The molecule has 5 heteroatoms. The van der Waals surface area contributed by atoms with Gasteiger partial charge in [-0.15, -0.1) is 0 Å². The highest BCUT2D eigenvalue weighted by atomic mass is 79.9. The molecule has 1 rings (SSSR count). The molecule has 0 spiro atoms. The van der Waals surface area contributed by atoms with Gasteiger partial charge in [-0.05, 0) is 34.5 Å². The molecule has 0 bridgehead atoms. The van der Waals surface area contributed by atoms with E-state index in [-0.39, 0.29) is 10.2 Å². The summed E-state index contributed by atoms with van der Waals surface area (Å²) >= 11 is 8.43. The smallest absolute Gasteiger partial charge is 0.149 e. The van der Waals surface area contributed by atoms with E-state index in [1.165, 1.54) is 11.6 Å². The first-order valence-corrected chi connectivity index (χ1v) is 5.42. The fourth-order valence-corrected chi connectivity index (χ4v) is 1.35. The molecule has 1 aromatic carbocycles. The molecule has 0 radical (unpaired) electrons. The number of rotatable bonds is 3. The molecule has 0 heterocycles. The van der Waals surface area contributed by atoms with Gasteiger partial charge in [-0.2, -0.15) is 0 Å². The van der Waals surface area contributed by atoms with Gasteiger partial charge in [0.15, 0.2) is 0 Å². The van der Waals surface area contributed by atoms with Gasteiger partial charge in [-0.1, -0.05) is 11.6 Å². The molecule has 0 aliphatic carbocycles. The van der Waals surface area contributed by atoms with E-state index in [9.17, 15) is 8.78 Å². The van der Waals surface area contributed by atoms with Crippen molar-refractivity contribution in [1.29, 1.82) is 0 Å². The first-order valence-electron chi connectivity index (χ1n) is 4.19. The first kappa shape index (κ1) is 12.5. The van der Waals surface area contributed by atoms with Crippen molar-refractivity contribution >= 4 is 33.2 Å². The van der Waals surface area contributed by atoms with Crippen LogP contribution in [0.3, 0.4) is 0 Å². The Morgan fingerprint density at radius 2 is 2.13 bits per heavy atom. The van der Waals surface area contributed by atoms with Crippen molar-refractivity contribution in [3.8, 4) is 0 Å². The molecule has 1 nitrogen and oxygen atoms in total. The number of hydrogen-bond acceptors (Lipinski definition) is 1. The summed E-state index contributed by atoms with van der Waals surface area (Å²) in [5.74, 6) is -1.25. The van der Waals surface area contributed by atoms with Crippen molar-refractivity contribution < 1.29 is 8.78 Å². The van der Waals surface area contributed by atoms with E-state index >= 15 is 0 Å². The van der Waals surface area contributed by atoms with E-state index in [0.717, 1.165) is 11.6 Å². The number of halogens is 4. The first-order chi connectivity index (χ1) is 7.04. The molecule has 0 atom stereocenters. The molecule has 0 fully saturated rings. The van der Waals surface area contributed by atoms with Crippen LogP contribution in [0.2, 0.25) is 0 Å². The maximum atomic E-state index is 13.2. The summed E-state index contributed by atoms with van der Waals surface area (Å²) in [6, 6.07) is 2.18. The van der Waals surface area contributed by atoms with E-state index in [2.05, 4.69) is 21.2 Å². The monoisotopic (exact) mass is 295 g/mol. The van der Waals surface area contributed by atoms with Crippen LogP contribution < -0.4 is 5.32 Å². The standard InChI is InChI=1S/C10H9BrClF2N/c1-6(4-12)5-15-10-2-7(11)8(13)3-9(10)14/h2-4,15H,5H2,1H3/b6-4-. The highest BCUT2D eigenvalue weighted by Crippen LogP contribution is 2.23. The molecular formula is C10H9BrClF2N. The molecule has 0 aliphatic heterocycles. The van der Waals surface area contributed by atoms with Crippen LogP contribution in [0.4, 0.5) is 14.5 Å². The fraction of sp³-hybridized carbons (Fsp3) is 0.200. The summed E-state index contributed by atoms with van der Waals surface area (Å²) in [7, 11) is 0. The van der Waals surface area contributed by atoms with Gasteiger partial charge in [0.2, 0.25) is 0 Å². The Balaban J connectivity index is 2.82. The zero-order valence-corrected chi connectivity index (χ0v) is 10.3. The molecule has 0 saturated heterocycles. The van der Waals surface area contributed by atoms with E-state index in [4.69, 9.17) is 11.6 Å². The second-order valence-corrected chi connectivity index (χ2v) is 4.13. The molecule has 0 aromatic heterocycles. The van der Waals surface area contributed by atoms with Gasteiger partial charge in [0.1, 0.15) is 11.6 Å². The lowest BCUT2D eigenvalue weighted by molar-refractivity contribution is 0.581. The number of nitrogens with one attached hydrogen (secondary N) is 1. The van der Waals surface area contributed by atoms with Gasteiger partial charge in [-0.25, -0.2) is 8.78 Å². The van der Waals surface area contributed by atoms with Crippen LogP contribution in [0.5, 0.6) is 0 Å². The summed E-state index contributed by atoms with van der Waals surface area (Å²) in [5, 5.41) is 2.81. The molecule has 1 aromatic rings. The molecular weight excluding hydrogens is 287 g/mol. The van der Waals surface area contributed by atoms with Gasteiger partial charge >= 0.3 is 0 Å². The molecule has 1 N–H and O–H groups in total. The predicted octanol–water partition coefficient (Wildman–Crippen LogP) is 4.28. The summed E-state index contributed by atoms with van der Waals surface area (Å²) in [6.45, 7) is 2.22. The van der Waals surface area contributed by atoms with Crippen LogP contribution in [-0.2, 0) is 0 Å². The molecule has 82 valence electrons. The zero-order valence-electron chi connectivity index (χ0n) is 7.95. The zero-order chi connectivity index (χ0) is 11.4. The van der Waals surface area contributed by atoms with E-state index in [1.54, 1.807) is 6.92 Å². The molecule has 0 unspecified atom stereocenters. The largest absolute Gasteiger partial charge is 0.379 e. The lowest BCUT2D eigenvalue weighted by Crippen LogP contribution is -2.04. The maximum Gasteiger partial charge on any atom is 0.149 e. The normalized spacial score (nSPS) is 11.7. The lowest BCUT2D eigenvalue weighted by Gasteiger charge is -2.08. The Labute approximate surface area is 100 Å². The van der Waals surface area contributed by atoms with Crippen molar-refractivity contribution in [2.24, 2.45) is 0 Å². The van der Waals surface area contributed by atoms with Crippen LogP contribution >= 0.6 is 27.5 Å². The minimum atomic E-state index is -0.627. The van der Waals surface area contributed by atoms with Gasteiger partial charge in [0.25, 0.3) is 0 Å². The van der Waals surface area contributed by atoms with Crippen LogP contribution in [0.15, 0.2) is 27.7 Å². The minimum Gasteiger partial charge on any atom is -0.379 e. The quantitative estimate of drug-likeness (QED) is 0.821. The Kier molecular flexibility index (Phi) is 4.54. The third-order valence-corrected chi connectivity index (χ3v) is 2.73. The van der Waals surface area contributed by atoms with Gasteiger partial charge in [-0.3, -0.25) is 0 Å². The van der Waals surface area contributed by atoms with Gasteiger partial charge in [0, 0.05) is 18.1 Å². The second-order valence-electron chi connectivity index (χ2n) is 3.06. The van der Waals surface area contributed by atoms with E-state index < -0.39 is 11.6 Å². The fourth-order valence-electron chi connectivity index (χ4n) is 0.931. The topological polar surface area (TPSA) is 12.0 Å². The second kappa shape index (κ2) is 5.47.